The van der Waals surface area contributed by atoms with E-state index in [1.807, 2.05) is 11.8 Å². The van der Waals surface area contributed by atoms with Gasteiger partial charge in [-0.05, 0) is 31.4 Å². The van der Waals surface area contributed by atoms with Crippen LogP contribution >= 0.6 is 35.7 Å². The summed E-state index contributed by atoms with van der Waals surface area (Å²) in [6, 6.07) is 0.434. The summed E-state index contributed by atoms with van der Waals surface area (Å²) in [4.78, 5) is 17.7. The maximum atomic E-state index is 11.7. The Bertz CT molecular complexity index is 384. The summed E-state index contributed by atoms with van der Waals surface area (Å²) in [6.45, 7) is 1.78. The zero-order chi connectivity index (χ0) is 15.8. The van der Waals surface area contributed by atoms with Crippen molar-refractivity contribution in [2.45, 2.75) is 37.8 Å². The Morgan fingerprint density at radius 3 is 2.78 bits per heavy atom. The van der Waals surface area contributed by atoms with Gasteiger partial charge in [-0.1, -0.05) is 0 Å². The van der Waals surface area contributed by atoms with E-state index < -0.39 is 0 Å². The van der Waals surface area contributed by atoms with Crippen LogP contribution in [0.15, 0.2) is 4.99 Å². The van der Waals surface area contributed by atoms with Crippen molar-refractivity contribution in [1.82, 2.24) is 15.5 Å². The van der Waals surface area contributed by atoms with Crippen molar-refractivity contribution in [3.05, 3.63) is 0 Å². The number of hydrogen-bond donors (Lipinski definition) is 2. The van der Waals surface area contributed by atoms with E-state index in [9.17, 15) is 4.79 Å². The van der Waals surface area contributed by atoms with Crippen molar-refractivity contribution in [2.24, 2.45) is 4.99 Å². The quantitative estimate of drug-likeness (QED) is 0.371. The normalized spacial score (nSPS) is 24.7. The molecule has 134 valence electrons. The molecule has 2 unspecified atom stereocenters. The van der Waals surface area contributed by atoms with Gasteiger partial charge in [0.2, 0.25) is 5.91 Å². The molecule has 2 N–H and O–H groups in total. The van der Waals surface area contributed by atoms with Gasteiger partial charge in [0.1, 0.15) is 6.54 Å². The molecular formula is C15H29IN4O2S. The number of aliphatic imine (C=N–C) groups is 1. The van der Waals surface area contributed by atoms with Crippen molar-refractivity contribution >= 4 is 47.6 Å². The first-order chi connectivity index (χ1) is 10.6. The van der Waals surface area contributed by atoms with E-state index in [-0.39, 0.29) is 42.5 Å². The molecule has 0 spiro atoms. The summed E-state index contributed by atoms with van der Waals surface area (Å²) in [7, 11) is 3.51. The van der Waals surface area contributed by atoms with Crippen LogP contribution in [0.25, 0.3) is 0 Å². The molecular weight excluding hydrogens is 427 g/mol. The topological polar surface area (TPSA) is 66.0 Å². The molecule has 0 aromatic heterocycles. The van der Waals surface area contributed by atoms with Crippen LogP contribution in [-0.4, -0.2) is 74.2 Å². The van der Waals surface area contributed by atoms with Crippen LogP contribution in [-0.2, 0) is 9.53 Å². The number of nitrogens with one attached hydrogen (secondary N) is 2. The molecule has 8 heteroatoms. The second-order valence-corrected chi connectivity index (χ2v) is 7.18. The first-order valence-corrected chi connectivity index (χ1v) is 9.25. The molecule has 0 aromatic rings. The number of rotatable bonds is 5. The number of guanidine groups is 1. The number of ether oxygens (including phenoxy) is 1. The van der Waals surface area contributed by atoms with Gasteiger partial charge in [-0.25, -0.2) is 4.99 Å². The maximum Gasteiger partial charge on any atom is 0.243 e. The molecule has 1 amide bonds. The van der Waals surface area contributed by atoms with Gasteiger partial charge in [-0.3, -0.25) is 4.79 Å². The highest BCUT2D eigenvalue weighted by molar-refractivity contribution is 14.0. The summed E-state index contributed by atoms with van der Waals surface area (Å²) in [6.07, 6.45) is 4.88. The summed E-state index contributed by atoms with van der Waals surface area (Å²) >= 11 is 1.97. The Balaban J connectivity index is 0.00000264. The Hall–Kier alpha value is -0.220. The van der Waals surface area contributed by atoms with Gasteiger partial charge in [0.15, 0.2) is 5.96 Å². The number of nitrogens with zero attached hydrogens (tertiary/aromatic N) is 2. The van der Waals surface area contributed by atoms with E-state index in [0.29, 0.717) is 6.04 Å². The highest BCUT2D eigenvalue weighted by atomic mass is 127. The Morgan fingerprint density at radius 2 is 2.17 bits per heavy atom. The van der Waals surface area contributed by atoms with E-state index >= 15 is 0 Å². The largest absolute Gasteiger partial charge is 0.376 e. The first-order valence-electron chi connectivity index (χ1n) is 8.09. The molecule has 0 radical (unpaired) electrons. The third-order valence-electron chi connectivity index (χ3n) is 3.89. The van der Waals surface area contributed by atoms with Crippen LogP contribution in [0, 0.1) is 0 Å². The summed E-state index contributed by atoms with van der Waals surface area (Å²) < 4.78 is 5.63. The van der Waals surface area contributed by atoms with Gasteiger partial charge in [0.05, 0.1) is 6.10 Å². The Kier molecular flexibility index (Phi) is 10.3. The smallest absolute Gasteiger partial charge is 0.243 e. The van der Waals surface area contributed by atoms with Crippen LogP contribution in [0.1, 0.15) is 25.7 Å². The molecule has 2 fully saturated rings. The van der Waals surface area contributed by atoms with Gasteiger partial charge in [-0.2, -0.15) is 11.8 Å². The van der Waals surface area contributed by atoms with E-state index in [0.717, 1.165) is 44.1 Å². The monoisotopic (exact) mass is 456 g/mol. The third-order valence-corrected chi connectivity index (χ3v) is 5.11. The Labute approximate surface area is 160 Å². The molecule has 0 bridgehead atoms. The second kappa shape index (κ2) is 11.4. The van der Waals surface area contributed by atoms with Crippen molar-refractivity contribution in [3.63, 3.8) is 0 Å². The number of carbonyl (C=O) groups is 1. The number of amides is 1. The van der Waals surface area contributed by atoms with E-state index in [2.05, 4.69) is 15.6 Å². The number of likely N-dealkylation sites (N-methyl/N-ethyl adjacent to an activating group) is 1. The zero-order valence-corrected chi connectivity index (χ0v) is 17.2. The third kappa shape index (κ3) is 7.93. The van der Waals surface area contributed by atoms with Crippen LogP contribution in [0.2, 0.25) is 0 Å². The fourth-order valence-corrected chi connectivity index (χ4v) is 3.58. The van der Waals surface area contributed by atoms with Gasteiger partial charge in [-0.15, -0.1) is 24.0 Å². The number of hydrogen-bond acceptors (Lipinski definition) is 4. The predicted molar refractivity (Wildman–Crippen MR) is 107 cm³/mol. The SMILES string of the molecule is CN(C)C(=O)CN=C(NCC1CCCO1)NC1CCCSC1.I. The lowest BCUT2D eigenvalue weighted by Gasteiger charge is -2.25. The van der Waals surface area contributed by atoms with E-state index in [1.54, 1.807) is 19.0 Å². The van der Waals surface area contributed by atoms with Gasteiger partial charge in [0.25, 0.3) is 0 Å². The second-order valence-electron chi connectivity index (χ2n) is 6.03. The van der Waals surface area contributed by atoms with E-state index in [4.69, 9.17) is 4.74 Å². The average molecular weight is 456 g/mol. The highest BCUT2D eigenvalue weighted by Gasteiger charge is 2.18. The van der Waals surface area contributed by atoms with Crippen LogP contribution in [0.4, 0.5) is 0 Å². The van der Waals surface area contributed by atoms with E-state index in [1.165, 1.54) is 12.2 Å². The maximum absolute atomic E-state index is 11.7. The molecule has 0 aromatic carbocycles. The summed E-state index contributed by atoms with van der Waals surface area (Å²) in [5.74, 6) is 3.09. The summed E-state index contributed by atoms with van der Waals surface area (Å²) in [5.41, 5.74) is 0. The molecule has 2 rings (SSSR count). The number of carbonyl (C=O) groups excluding carboxylic acids is 1. The van der Waals surface area contributed by atoms with Crippen molar-refractivity contribution in [1.29, 1.82) is 0 Å². The highest BCUT2D eigenvalue weighted by Crippen LogP contribution is 2.16. The number of thioether (sulfide) groups is 1. The molecule has 2 aliphatic heterocycles. The lowest BCUT2D eigenvalue weighted by Crippen LogP contribution is -2.47. The fourth-order valence-electron chi connectivity index (χ4n) is 2.50. The minimum absolute atomic E-state index is 0. The molecule has 2 heterocycles. The lowest BCUT2D eigenvalue weighted by atomic mass is 10.2. The lowest BCUT2D eigenvalue weighted by molar-refractivity contribution is -0.127. The van der Waals surface area contributed by atoms with Crippen molar-refractivity contribution in [3.8, 4) is 0 Å². The summed E-state index contributed by atoms with van der Waals surface area (Å²) in [5, 5.41) is 6.80. The van der Waals surface area contributed by atoms with Crippen LogP contribution in [0.5, 0.6) is 0 Å². The number of halogens is 1. The van der Waals surface area contributed by atoms with Crippen molar-refractivity contribution < 1.29 is 9.53 Å². The molecule has 2 aliphatic rings. The first kappa shape index (κ1) is 20.8. The van der Waals surface area contributed by atoms with Gasteiger partial charge >= 0.3 is 0 Å². The Morgan fingerprint density at radius 1 is 1.35 bits per heavy atom. The predicted octanol–water partition coefficient (Wildman–Crippen LogP) is 1.30. The zero-order valence-electron chi connectivity index (χ0n) is 14.0. The van der Waals surface area contributed by atoms with Gasteiger partial charge < -0.3 is 20.3 Å². The fraction of sp³-hybridized carbons (Fsp3) is 0.867. The molecule has 6 nitrogen and oxygen atoms in total. The average Bonchev–Trinajstić information content (AvgIpc) is 3.04. The molecule has 23 heavy (non-hydrogen) atoms. The molecule has 2 saturated heterocycles. The molecule has 0 aliphatic carbocycles. The van der Waals surface area contributed by atoms with Crippen LogP contribution in [0.3, 0.4) is 0 Å². The minimum atomic E-state index is 0. The molecule has 0 saturated carbocycles. The van der Waals surface area contributed by atoms with Gasteiger partial charge in [0, 0.05) is 39.0 Å². The van der Waals surface area contributed by atoms with Crippen LogP contribution < -0.4 is 10.6 Å². The standard InChI is InChI=1S/C15H28N4O2S.HI/c1-19(2)14(20)10-17-15(16-9-13-6-3-7-21-13)18-12-5-4-8-22-11-12;/h12-13H,3-11H2,1-2H3,(H2,16,17,18);1H. The van der Waals surface area contributed by atoms with Crippen molar-refractivity contribution in [2.75, 3.05) is 45.3 Å². The minimum Gasteiger partial charge on any atom is -0.376 e. The molecule has 2 atom stereocenters.